The lowest BCUT2D eigenvalue weighted by molar-refractivity contribution is -0.137. The van der Waals surface area contributed by atoms with E-state index in [0.717, 1.165) is 56.2 Å². The number of amides is 2. The van der Waals surface area contributed by atoms with Gasteiger partial charge in [0.2, 0.25) is 0 Å². The summed E-state index contributed by atoms with van der Waals surface area (Å²) in [6.45, 7) is 6.35. The van der Waals surface area contributed by atoms with E-state index in [4.69, 9.17) is 9.47 Å². The summed E-state index contributed by atoms with van der Waals surface area (Å²) in [7, 11) is 0. The fraction of sp³-hybridized carbons (Fsp3) is 0.567. The molecule has 1 aliphatic carbocycles. The van der Waals surface area contributed by atoms with Crippen molar-refractivity contribution in [1.29, 1.82) is 0 Å². The molecular weight excluding hydrogens is 523 g/mol. The van der Waals surface area contributed by atoms with Crippen LogP contribution in [-0.2, 0) is 10.9 Å². The highest BCUT2D eigenvalue weighted by molar-refractivity contribution is 5.92. The number of ether oxygens (including phenoxy) is 2. The van der Waals surface area contributed by atoms with Crippen LogP contribution >= 0.6 is 0 Å². The van der Waals surface area contributed by atoms with Gasteiger partial charge in [0, 0.05) is 19.1 Å². The normalized spacial score (nSPS) is 22.2. The van der Waals surface area contributed by atoms with Gasteiger partial charge in [-0.25, -0.2) is 9.78 Å². The predicted octanol–water partition coefficient (Wildman–Crippen LogP) is 6.73. The largest absolute Gasteiger partial charge is 0.489 e. The van der Waals surface area contributed by atoms with Gasteiger partial charge < -0.3 is 19.7 Å². The Morgan fingerprint density at radius 3 is 2.33 bits per heavy atom. The van der Waals surface area contributed by atoms with Crippen LogP contribution in [-0.4, -0.2) is 52.7 Å². The number of alkyl halides is 3. The highest BCUT2D eigenvalue weighted by Gasteiger charge is 2.32. The molecule has 1 aliphatic heterocycles. The van der Waals surface area contributed by atoms with Crippen LogP contribution in [0.5, 0.6) is 5.75 Å². The van der Waals surface area contributed by atoms with Crippen molar-refractivity contribution in [2.24, 2.45) is 0 Å². The maximum atomic E-state index is 12.9. The number of rotatable bonds is 5. The van der Waals surface area contributed by atoms with Crippen molar-refractivity contribution in [3.05, 3.63) is 59.4 Å². The molecule has 2 aromatic rings. The standard InChI is InChI=1S/C30H38F3N3O4/c1-29(2,3)40-28(38)36-17-16-23(19-36)35-27(37)26-15-14-25(18-34-26)39-24-7-5-4-6-20(10-13-24)21-8-11-22(12-9-21)30(31,32)33/h8-9,11-12,14-15,18,20,23-24H,4-7,10,13,16-17,19H2,1-3H3,(H,35,37)/t20?,23-,24?/m0/s1. The van der Waals surface area contributed by atoms with Gasteiger partial charge in [0.1, 0.15) is 17.0 Å². The number of likely N-dealkylation sites (tertiary alicyclic amines) is 1. The monoisotopic (exact) mass is 561 g/mol. The lowest BCUT2D eigenvalue weighted by Crippen LogP contribution is -2.40. The number of halogens is 3. The van der Waals surface area contributed by atoms with Gasteiger partial charge in [-0.15, -0.1) is 0 Å². The zero-order valence-corrected chi connectivity index (χ0v) is 23.3. The molecular formula is C30H38F3N3O4. The van der Waals surface area contributed by atoms with Crippen LogP contribution in [0.4, 0.5) is 18.0 Å². The number of aromatic nitrogens is 1. The van der Waals surface area contributed by atoms with E-state index in [9.17, 15) is 22.8 Å². The first-order valence-corrected chi connectivity index (χ1v) is 14.0. The zero-order valence-electron chi connectivity index (χ0n) is 23.3. The van der Waals surface area contributed by atoms with E-state index in [1.807, 2.05) is 20.8 Å². The molecule has 0 bridgehead atoms. The summed E-state index contributed by atoms with van der Waals surface area (Å²) in [5, 5.41) is 2.94. The van der Waals surface area contributed by atoms with E-state index in [1.165, 1.54) is 0 Å². The molecule has 0 radical (unpaired) electrons. The van der Waals surface area contributed by atoms with Crippen LogP contribution in [0.1, 0.15) is 93.3 Å². The molecule has 40 heavy (non-hydrogen) atoms. The maximum Gasteiger partial charge on any atom is 0.416 e. The van der Waals surface area contributed by atoms with Gasteiger partial charge in [0.15, 0.2) is 0 Å². The summed E-state index contributed by atoms with van der Waals surface area (Å²) in [5.41, 5.74) is -0.000161. The Hall–Kier alpha value is -3.30. The number of nitrogens with zero attached hydrogens (tertiary/aromatic N) is 2. The van der Waals surface area contributed by atoms with Crippen molar-refractivity contribution in [1.82, 2.24) is 15.2 Å². The molecule has 10 heteroatoms. The summed E-state index contributed by atoms with van der Waals surface area (Å²) >= 11 is 0. The Labute approximate surface area is 233 Å². The second-order valence-electron chi connectivity index (χ2n) is 11.7. The maximum absolute atomic E-state index is 12.9. The fourth-order valence-corrected chi connectivity index (χ4v) is 5.24. The van der Waals surface area contributed by atoms with Crippen LogP contribution in [0.2, 0.25) is 0 Å². The molecule has 1 aromatic heterocycles. The first-order chi connectivity index (χ1) is 18.9. The molecule has 2 fully saturated rings. The second kappa shape index (κ2) is 12.5. The van der Waals surface area contributed by atoms with E-state index in [-0.39, 0.29) is 35.8 Å². The number of carbonyl (C=O) groups is 2. The first-order valence-electron chi connectivity index (χ1n) is 14.0. The second-order valence-corrected chi connectivity index (χ2v) is 11.7. The van der Waals surface area contributed by atoms with Crippen LogP contribution in [0.3, 0.4) is 0 Å². The third-order valence-corrected chi connectivity index (χ3v) is 7.32. The summed E-state index contributed by atoms with van der Waals surface area (Å²) in [4.78, 5) is 30.9. The quantitative estimate of drug-likeness (QED) is 0.438. The first kappa shape index (κ1) is 29.7. The van der Waals surface area contributed by atoms with Gasteiger partial charge in [0.25, 0.3) is 5.91 Å². The highest BCUT2D eigenvalue weighted by Crippen LogP contribution is 2.35. The van der Waals surface area contributed by atoms with E-state index >= 15 is 0 Å². The molecule has 3 atom stereocenters. The van der Waals surface area contributed by atoms with Gasteiger partial charge in [-0.3, -0.25) is 4.79 Å². The predicted molar refractivity (Wildman–Crippen MR) is 144 cm³/mol. The van der Waals surface area contributed by atoms with E-state index in [1.54, 1.807) is 35.4 Å². The molecule has 1 N–H and O–H groups in total. The Morgan fingerprint density at radius 2 is 1.68 bits per heavy atom. The van der Waals surface area contributed by atoms with Gasteiger partial charge in [-0.05, 0) is 95.0 Å². The molecule has 1 saturated carbocycles. The summed E-state index contributed by atoms with van der Waals surface area (Å²) in [6.07, 6.45) is 2.83. The molecule has 2 amide bonds. The zero-order chi connectivity index (χ0) is 28.9. The van der Waals surface area contributed by atoms with Crippen LogP contribution in [0.15, 0.2) is 42.6 Å². The van der Waals surface area contributed by atoms with Crippen LogP contribution in [0.25, 0.3) is 0 Å². The molecule has 2 unspecified atom stereocenters. The van der Waals surface area contributed by atoms with E-state index in [0.29, 0.717) is 25.3 Å². The van der Waals surface area contributed by atoms with Crippen molar-refractivity contribution in [2.45, 2.75) is 95.6 Å². The van der Waals surface area contributed by atoms with Crippen molar-refractivity contribution < 1.29 is 32.2 Å². The third-order valence-electron chi connectivity index (χ3n) is 7.32. The van der Waals surface area contributed by atoms with Crippen molar-refractivity contribution >= 4 is 12.0 Å². The Kier molecular flexibility index (Phi) is 9.26. The summed E-state index contributed by atoms with van der Waals surface area (Å²) in [5.74, 6) is 0.456. The SMILES string of the molecule is CC(C)(C)OC(=O)N1CC[C@H](NC(=O)c2ccc(OC3CCCCC(c4ccc(C(F)(F)F)cc4)CC3)cn2)C1. The number of hydrogen-bond acceptors (Lipinski definition) is 5. The Bertz CT molecular complexity index is 1150. The minimum absolute atomic E-state index is 0.0314. The lowest BCUT2D eigenvalue weighted by Gasteiger charge is -2.26. The van der Waals surface area contributed by atoms with E-state index in [2.05, 4.69) is 10.3 Å². The van der Waals surface area contributed by atoms with Crippen molar-refractivity contribution in [2.75, 3.05) is 13.1 Å². The molecule has 4 rings (SSSR count). The van der Waals surface area contributed by atoms with Crippen LogP contribution in [0, 0.1) is 0 Å². The Morgan fingerprint density at radius 1 is 0.950 bits per heavy atom. The number of pyridine rings is 1. The van der Waals surface area contributed by atoms with E-state index < -0.39 is 17.3 Å². The lowest BCUT2D eigenvalue weighted by atomic mass is 9.85. The number of hydrogen-bond donors (Lipinski definition) is 1. The number of benzene rings is 1. The van der Waals surface area contributed by atoms with Crippen molar-refractivity contribution in [3.8, 4) is 5.75 Å². The fourth-order valence-electron chi connectivity index (χ4n) is 5.24. The smallest absolute Gasteiger partial charge is 0.416 e. The number of nitrogens with one attached hydrogen (secondary N) is 1. The molecule has 1 saturated heterocycles. The minimum Gasteiger partial charge on any atom is -0.489 e. The highest BCUT2D eigenvalue weighted by atomic mass is 19.4. The molecule has 0 spiro atoms. The van der Waals surface area contributed by atoms with Gasteiger partial charge in [-0.2, -0.15) is 13.2 Å². The summed E-state index contributed by atoms with van der Waals surface area (Å²) in [6, 6.07) is 8.70. The van der Waals surface area contributed by atoms with Crippen molar-refractivity contribution in [3.63, 3.8) is 0 Å². The van der Waals surface area contributed by atoms with Gasteiger partial charge in [-0.1, -0.05) is 18.6 Å². The molecule has 7 nitrogen and oxygen atoms in total. The van der Waals surface area contributed by atoms with Crippen LogP contribution < -0.4 is 10.1 Å². The Balaban J connectivity index is 1.26. The average molecular weight is 562 g/mol. The third kappa shape index (κ3) is 8.35. The molecule has 2 heterocycles. The molecule has 1 aromatic carbocycles. The summed E-state index contributed by atoms with van der Waals surface area (Å²) < 4.78 is 50.4. The number of carbonyl (C=O) groups excluding carboxylic acids is 2. The average Bonchev–Trinajstić information content (AvgIpc) is 3.34. The topological polar surface area (TPSA) is 80.8 Å². The minimum atomic E-state index is -4.33. The van der Waals surface area contributed by atoms with Gasteiger partial charge in [0.05, 0.1) is 17.9 Å². The van der Waals surface area contributed by atoms with Gasteiger partial charge >= 0.3 is 12.3 Å². The molecule has 2 aliphatic rings. The molecule has 218 valence electrons.